The minimum Gasteiger partial charge on any atom is -0.507 e. The molecule has 1 atom stereocenters. The van der Waals surface area contributed by atoms with Crippen LogP contribution in [0.5, 0.6) is 0 Å². The maximum atomic E-state index is 13.4. The number of carbonyl (C=O) groups is 2. The molecular weight excluding hydrogens is 468 g/mol. The minimum atomic E-state index is -0.807. The predicted octanol–water partition coefficient (Wildman–Crippen LogP) is 6.50. The number of fused-ring (bicyclic) bond motifs is 1. The molecule has 34 heavy (non-hydrogen) atoms. The standard InChI is InChI=1S/C27H21ClN2O3S/c1-14-4-6-17(7-5-14)23-21(24(31)18-8-10-19(28)11-9-18)25(32)26(33)30(23)27-29-22-16(3)12-15(2)13-20(22)34-27/h4-13,23,31H,1-3H3/b24-21+/t23-/m1/s1. The van der Waals surface area contributed by atoms with Crippen LogP contribution in [0.4, 0.5) is 5.13 Å². The van der Waals surface area contributed by atoms with Gasteiger partial charge in [0.2, 0.25) is 0 Å². The number of thiazole rings is 1. The zero-order valence-corrected chi connectivity index (χ0v) is 20.4. The summed E-state index contributed by atoms with van der Waals surface area (Å²) in [6, 6.07) is 17.4. The van der Waals surface area contributed by atoms with E-state index in [4.69, 9.17) is 16.6 Å². The van der Waals surface area contributed by atoms with Gasteiger partial charge >= 0.3 is 5.91 Å². The van der Waals surface area contributed by atoms with Crippen molar-refractivity contribution in [3.63, 3.8) is 0 Å². The summed E-state index contributed by atoms with van der Waals surface area (Å²) in [4.78, 5) is 32.8. The van der Waals surface area contributed by atoms with E-state index in [2.05, 4.69) is 0 Å². The molecule has 0 aliphatic carbocycles. The smallest absolute Gasteiger partial charge is 0.301 e. The number of aromatic nitrogens is 1. The summed E-state index contributed by atoms with van der Waals surface area (Å²) in [5.74, 6) is -1.70. The molecule has 5 rings (SSSR count). The van der Waals surface area contributed by atoms with Crippen LogP contribution in [0.25, 0.3) is 16.0 Å². The lowest BCUT2D eigenvalue weighted by Gasteiger charge is -2.23. The Kier molecular flexibility index (Phi) is 5.50. The van der Waals surface area contributed by atoms with Gasteiger partial charge in [-0.15, -0.1) is 0 Å². The molecule has 1 aliphatic heterocycles. The fourth-order valence-corrected chi connectivity index (χ4v) is 5.61. The summed E-state index contributed by atoms with van der Waals surface area (Å²) < 4.78 is 0.940. The SMILES string of the molecule is Cc1ccc([C@@H]2/C(=C(\O)c3ccc(Cl)cc3)C(=O)C(=O)N2c2nc3c(C)cc(C)cc3s2)cc1. The third-order valence-electron chi connectivity index (χ3n) is 5.98. The van der Waals surface area contributed by atoms with Crippen LogP contribution in [0.3, 0.4) is 0 Å². The maximum absolute atomic E-state index is 13.4. The lowest BCUT2D eigenvalue weighted by molar-refractivity contribution is -0.132. The Hall–Kier alpha value is -3.48. The van der Waals surface area contributed by atoms with E-state index in [0.717, 1.165) is 26.9 Å². The summed E-state index contributed by atoms with van der Waals surface area (Å²) in [6.07, 6.45) is 0. The van der Waals surface area contributed by atoms with Crippen LogP contribution < -0.4 is 4.90 Å². The second-order valence-corrected chi connectivity index (χ2v) is 9.96. The van der Waals surface area contributed by atoms with Crippen LogP contribution in [-0.2, 0) is 9.59 Å². The molecule has 1 aromatic heterocycles. The number of ketones is 1. The van der Waals surface area contributed by atoms with Gasteiger partial charge in [-0.3, -0.25) is 14.5 Å². The molecule has 1 aliphatic rings. The first-order valence-electron chi connectivity index (χ1n) is 10.8. The van der Waals surface area contributed by atoms with Gasteiger partial charge in [-0.05, 0) is 67.8 Å². The molecule has 0 bridgehead atoms. The topological polar surface area (TPSA) is 70.5 Å². The largest absolute Gasteiger partial charge is 0.507 e. The van der Waals surface area contributed by atoms with Crippen LogP contribution in [0.2, 0.25) is 5.02 Å². The van der Waals surface area contributed by atoms with Gasteiger partial charge in [0, 0.05) is 10.6 Å². The van der Waals surface area contributed by atoms with E-state index < -0.39 is 17.7 Å². The number of halogens is 1. The summed E-state index contributed by atoms with van der Waals surface area (Å²) in [5, 5.41) is 12.1. The van der Waals surface area contributed by atoms with Gasteiger partial charge in [-0.1, -0.05) is 58.8 Å². The number of aryl methyl sites for hydroxylation is 3. The molecule has 1 saturated heterocycles. The number of hydrogen-bond acceptors (Lipinski definition) is 5. The van der Waals surface area contributed by atoms with Gasteiger partial charge in [0.15, 0.2) is 5.13 Å². The molecule has 5 nitrogen and oxygen atoms in total. The Morgan fingerprint density at radius 2 is 1.65 bits per heavy atom. The van der Waals surface area contributed by atoms with Gasteiger partial charge in [-0.25, -0.2) is 4.98 Å². The molecule has 7 heteroatoms. The third kappa shape index (κ3) is 3.69. The molecule has 0 unspecified atom stereocenters. The van der Waals surface area contributed by atoms with Gasteiger partial charge in [-0.2, -0.15) is 0 Å². The lowest BCUT2D eigenvalue weighted by atomic mass is 9.95. The van der Waals surface area contributed by atoms with Crippen molar-refractivity contribution in [2.75, 3.05) is 4.90 Å². The van der Waals surface area contributed by atoms with Gasteiger partial charge in [0.25, 0.3) is 5.78 Å². The first kappa shape index (κ1) is 22.3. The molecule has 1 amide bonds. The fraction of sp³-hybridized carbons (Fsp3) is 0.148. The Morgan fingerprint density at radius 3 is 2.32 bits per heavy atom. The van der Waals surface area contributed by atoms with Crippen molar-refractivity contribution >= 4 is 55.7 Å². The highest BCUT2D eigenvalue weighted by Gasteiger charge is 2.48. The number of aliphatic hydroxyl groups is 1. The fourth-order valence-electron chi connectivity index (χ4n) is 4.32. The molecule has 2 heterocycles. The van der Waals surface area contributed by atoms with Crippen molar-refractivity contribution in [2.24, 2.45) is 0 Å². The van der Waals surface area contributed by atoms with Crippen LogP contribution in [-0.4, -0.2) is 21.8 Å². The molecule has 0 spiro atoms. The Bertz CT molecular complexity index is 1490. The number of hydrogen-bond donors (Lipinski definition) is 1. The van der Waals surface area contributed by atoms with Crippen molar-refractivity contribution in [3.05, 3.63) is 99.1 Å². The van der Waals surface area contributed by atoms with Gasteiger partial charge in [0.1, 0.15) is 5.76 Å². The first-order chi connectivity index (χ1) is 16.2. The van der Waals surface area contributed by atoms with E-state index in [0.29, 0.717) is 21.3 Å². The quantitative estimate of drug-likeness (QED) is 0.203. The average molecular weight is 489 g/mol. The number of Topliss-reactive ketones (excluding diaryl/α,β-unsaturated/α-hetero) is 1. The van der Waals surface area contributed by atoms with E-state index in [-0.39, 0.29) is 11.3 Å². The van der Waals surface area contributed by atoms with E-state index in [1.807, 2.05) is 57.2 Å². The highest BCUT2D eigenvalue weighted by molar-refractivity contribution is 7.22. The third-order valence-corrected chi connectivity index (χ3v) is 7.23. The molecule has 3 aromatic carbocycles. The van der Waals surface area contributed by atoms with Crippen LogP contribution in [0, 0.1) is 20.8 Å². The van der Waals surface area contributed by atoms with E-state index >= 15 is 0 Å². The highest BCUT2D eigenvalue weighted by Crippen LogP contribution is 2.44. The normalized spacial score (nSPS) is 17.6. The second kappa shape index (κ2) is 8.38. The number of rotatable bonds is 3. The Labute approximate surface area is 205 Å². The van der Waals surface area contributed by atoms with E-state index in [1.54, 1.807) is 24.3 Å². The van der Waals surface area contributed by atoms with Crippen LogP contribution in [0.1, 0.15) is 33.9 Å². The average Bonchev–Trinajstić information content (AvgIpc) is 3.33. The molecule has 170 valence electrons. The van der Waals surface area contributed by atoms with Crippen molar-refractivity contribution in [1.29, 1.82) is 0 Å². The predicted molar refractivity (Wildman–Crippen MR) is 137 cm³/mol. The van der Waals surface area contributed by atoms with E-state index in [9.17, 15) is 14.7 Å². The molecule has 0 radical (unpaired) electrons. The van der Waals surface area contributed by atoms with Crippen LogP contribution >= 0.6 is 22.9 Å². The zero-order chi connectivity index (χ0) is 24.1. The second-order valence-electron chi connectivity index (χ2n) is 8.51. The summed E-state index contributed by atoms with van der Waals surface area (Å²) in [6.45, 7) is 5.95. The van der Waals surface area contributed by atoms with E-state index in [1.165, 1.54) is 16.2 Å². The molecule has 1 fully saturated rings. The van der Waals surface area contributed by atoms with Crippen LogP contribution in [0.15, 0.2) is 66.2 Å². The number of carbonyl (C=O) groups excluding carboxylic acids is 2. The van der Waals surface area contributed by atoms with Crippen molar-refractivity contribution in [1.82, 2.24) is 4.98 Å². The summed E-state index contributed by atoms with van der Waals surface area (Å²) in [7, 11) is 0. The number of benzene rings is 3. The maximum Gasteiger partial charge on any atom is 0.301 e. The van der Waals surface area contributed by atoms with Crippen molar-refractivity contribution in [2.45, 2.75) is 26.8 Å². The molecule has 0 saturated carbocycles. The van der Waals surface area contributed by atoms with Gasteiger partial charge in [0.05, 0.1) is 21.8 Å². The Morgan fingerprint density at radius 1 is 0.971 bits per heavy atom. The zero-order valence-electron chi connectivity index (χ0n) is 18.8. The lowest BCUT2D eigenvalue weighted by Crippen LogP contribution is -2.29. The minimum absolute atomic E-state index is 0.0309. The Balaban J connectivity index is 1.74. The number of aliphatic hydroxyl groups excluding tert-OH is 1. The molecule has 1 N–H and O–H groups in total. The number of anilines is 1. The molecular formula is C27H21ClN2O3S. The highest BCUT2D eigenvalue weighted by atomic mass is 35.5. The molecule has 4 aromatic rings. The van der Waals surface area contributed by atoms with Gasteiger partial charge < -0.3 is 5.11 Å². The summed E-state index contributed by atoms with van der Waals surface area (Å²) in [5.41, 5.74) is 5.10. The van der Waals surface area contributed by atoms with Crippen molar-refractivity contribution < 1.29 is 14.7 Å². The van der Waals surface area contributed by atoms with Crippen molar-refractivity contribution in [3.8, 4) is 0 Å². The number of nitrogens with zero attached hydrogens (tertiary/aromatic N) is 2. The monoisotopic (exact) mass is 488 g/mol. The first-order valence-corrected chi connectivity index (χ1v) is 12.0. The number of amides is 1. The summed E-state index contributed by atoms with van der Waals surface area (Å²) >= 11 is 7.36.